The highest BCUT2D eigenvalue weighted by Crippen LogP contribution is 2.26. The van der Waals surface area contributed by atoms with Crippen LogP contribution in [0.4, 0.5) is 0 Å². The molecule has 0 amide bonds. The number of rotatable bonds is 1. The quantitative estimate of drug-likeness (QED) is 0.579. The molecule has 12 heavy (non-hydrogen) atoms. The Morgan fingerprint density at radius 1 is 1.50 bits per heavy atom. The molecule has 62 valence electrons. The first-order valence-corrected chi connectivity index (χ1v) is 4.81. The molecule has 3 heteroatoms. The van der Waals surface area contributed by atoms with E-state index in [1.807, 2.05) is 12.1 Å². The minimum absolute atomic E-state index is 0.0855. The molecule has 1 heterocycles. The first-order valence-electron chi connectivity index (χ1n) is 3.73. The molecular formula is C9H7IO2. The molecule has 0 aromatic heterocycles. The van der Waals surface area contributed by atoms with E-state index >= 15 is 0 Å². The predicted molar refractivity (Wildman–Crippen MR) is 54.0 cm³/mol. The van der Waals surface area contributed by atoms with Gasteiger partial charge in [0.15, 0.2) is 0 Å². The fourth-order valence-corrected chi connectivity index (χ4v) is 1.64. The third-order valence-corrected chi connectivity index (χ3v) is 2.54. The highest BCUT2D eigenvalue weighted by molar-refractivity contribution is 14.1. The average molecular weight is 274 g/mol. The van der Waals surface area contributed by atoms with E-state index in [4.69, 9.17) is 4.74 Å². The minimum Gasteiger partial charge on any atom is -0.493 e. The summed E-state index contributed by atoms with van der Waals surface area (Å²) in [5, 5.41) is 0. The van der Waals surface area contributed by atoms with Crippen LogP contribution in [0, 0.1) is 0 Å². The number of carbonyl (C=O) groups excluding carboxylic acids is 1. The molecule has 0 radical (unpaired) electrons. The SMILES string of the molecule is O=C(I)c1ccc2c(c1)CCO2. The lowest BCUT2D eigenvalue weighted by Crippen LogP contribution is -1.88. The van der Waals surface area contributed by atoms with E-state index in [1.54, 1.807) is 28.7 Å². The highest BCUT2D eigenvalue weighted by Gasteiger charge is 2.13. The van der Waals surface area contributed by atoms with Crippen molar-refractivity contribution in [1.29, 1.82) is 0 Å². The molecule has 1 aromatic rings. The van der Waals surface area contributed by atoms with Crippen LogP contribution in [0.2, 0.25) is 0 Å². The van der Waals surface area contributed by atoms with Gasteiger partial charge in [0.05, 0.1) is 6.61 Å². The van der Waals surface area contributed by atoms with E-state index in [1.165, 1.54) is 0 Å². The molecule has 0 unspecified atom stereocenters. The van der Waals surface area contributed by atoms with Crippen LogP contribution < -0.4 is 4.74 Å². The third kappa shape index (κ3) is 1.33. The molecule has 0 atom stereocenters. The maximum Gasteiger partial charge on any atom is 0.222 e. The van der Waals surface area contributed by atoms with Gasteiger partial charge in [-0.2, -0.15) is 0 Å². The summed E-state index contributed by atoms with van der Waals surface area (Å²) in [6.07, 6.45) is 0.924. The summed E-state index contributed by atoms with van der Waals surface area (Å²) in [4.78, 5) is 11.0. The fraction of sp³-hybridized carbons (Fsp3) is 0.222. The zero-order valence-corrected chi connectivity index (χ0v) is 8.50. The smallest absolute Gasteiger partial charge is 0.222 e. The lowest BCUT2D eigenvalue weighted by molar-refractivity contribution is 0.110. The Hall–Kier alpha value is -0.580. The van der Waals surface area contributed by atoms with Crippen LogP contribution in [0.5, 0.6) is 5.75 Å². The lowest BCUT2D eigenvalue weighted by Gasteiger charge is -1.98. The average Bonchev–Trinajstić information content (AvgIpc) is 2.49. The van der Waals surface area contributed by atoms with Crippen LogP contribution in [-0.2, 0) is 6.42 Å². The summed E-state index contributed by atoms with van der Waals surface area (Å²) in [6, 6.07) is 5.59. The van der Waals surface area contributed by atoms with Crippen molar-refractivity contribution in [3.8, 4) is 5.75 Å². The molecular weight excluding hydrogens is 267 g/mol. The van der Waals surface area contributed by atoms with Crippen molar-refractivity contribution < 1.29 is 9.53 Å². The molecule has 1 aliphatic rings. The summed E-state index contributed by atoms with van der Waals surface area (Å²) < 4.78 is 5.40. The highest BCUT2D eigenvalue weighted by atomic mass is 127. The number of hydrogen-bond donors (Lipinski definition) is 0. The van der Waals surface area contributed by atoms with Crippen molar-refractivity contribution in [1.82, 2.24) is 0 Å². The van der Waals surface area contributed by atoms with Crippen molar-refractivity contribution in [3.05, 3.63) is 29.3 Å². The number of fused-ring (bicyclic) bond motifs is 1. The second-order valence-corrected chi connectivity index (χ2v) is 3.67. The molecule has 0 saturated carbocycles. The second-order valence-electron chi connectivity index (χ2n) is 2.69. The van der Waals surface area contributed by atoms with Crippen molar-refractivity contribution in [3.63, 3.8) is 0 Å². The van der Waals surface area contributed by atoms with E-state index < -0.39 is 0 Å². The predicted octanol–water partition coefficient (Wildman–Crippen LogP) is 2.20. The van der Waals surface area contributed by atoms with E-state index in [-0.39, 0.29) is 3.79 Å². The lowest BCUT2D eigenvalue weighted by atomic mass is 10.1. The molecule has 0 aliphatic carbocycles. The Bertz CT molecular complexity index is 333. The minimum atomic E-state index is 0.0855. The van der Waals surface area contributed by atoms with Gasteiger partial charge in [0.25, 0.3) is 0 Å². The maximum atomic E-state index is 11.0. The van der Waals surface area contributed by atoms with Gasteiger partial charge < -0.3 is 4.74 Å². The number of halogens is 1. The number of ether oxygens (including phenoxy) is 1. The molecule has 0 saturated heterocycles. The van der Waals surface area contributed by atoms with E-state index in [9.17, 15) is 4.79 Å². The van der Waals surface area contributed by atoms with Gasteiger partial charge in [0, 0.05) is 34.6 Å². The monoisotopic (exact) mass is 274 g/mol. The first kappa shape index (κ1) is 8.04. The van der Waals surface area contributed by atoms with E-state index in [2.05, 4.69) is 0 Å². The molecule has 2 nitrogen and oxygen atoms in total. The Labute approximate surface area is 84.1 Å². The largest absolute Gasteiger partial charge is 0.493 e. The molecule has 0 bridgehead atoms. The van der Waals surface area contributed by atoms with Gasteiger partial charge in [-0.3, -0.25) is 4.79 Å². The summed E-state index contributed by atoms with van der Waals surface area (Å²) in [7, 11) is 0. The molecule has 0 N–H and O–H groups in total. The molecule has 1 aromatic carbocycles. The number of carbonyl (C=O) groups is 1. The van der Waals surface area contributed by atoms with Crippen molar-refractivity contribution >= 4 is 26.4 Å². The van der Waals surface area contributed by atoms with Gasteiger partial charge in [-0.15, -0.1) is 0 Å². The Morgan fingerprint density at radius 3 is 3.08 bits per heavy atom. The zero-order valence-electron chi connectivity index (χ0n) is 6.34. The molecule has 0 fully saturated rings. The van der Waals surface area contributed by atoms with Crippen molar-refractivity contribution in [2.75, 3.05) is 6.61 Å². The van der Waals surface area contributed by atoms with Gasteiger partial charge in [-0.25, -0.2) is 0 Å². The fourth-order valence-electron chi connectivity index (χ4n) is 1.31. The van der Waals surface area contributed by atoms with Crippen LogP contribution in [0.1, 0.15) is 15.9 Å². The topological polar surface area (TPSA) is 26.3 Å². The summed E-state index contributed by atoms with van der Waals surface area (Å²) >= 11 is 1.79. The molecule has 1 aliphatic heterocycles. The van der Waals surface area contributed by atoms with Gasteiger partial charge >= 0.3 is 0 Å². The molecule has 2 rings (SSSR count). The second kappa shape index (κ2) is 3.05. The van der Waals surface area contributed by atoms with Gasteiger partial charge in [0.1, 0.15) is 5.75 Å². The van der Waals surface area contributed by atoms with Gasteiger partial charge in [-0.1, -0.05) is 0 Å². The number of hydrogen-bond acceptors (Lipinski definition) is 2. The normalized spacial score (nSPS) is 13.8. The van der Waals surface area contributed by atoms with Crippen molar-refractivity contribution in [2.45, 2.75) is 6.42 Å². The van der Waals surface area contributed by atoms with E-state index in [0.717, 1.165) is 29.9 Å². The van der Waals surface area contributed by atoms with Crippen LogP contribution in [0.15, 0.2) is 18.2 Å². The standard InChI is InChI=1S/C9H7IO2/c10-9(11)7-1-2-8-6(5-7)3-4-12-8/h1-2,5H,3-4H2. The van der Waals surface area contributed by atoms with Crippen LogP contribution in [0.3, 0.4) is 0 Å². The van der Waals surface area contributed by atoms with Crippen LogP contribution in [-0.4, -0.2) is 10.4 Å². The first-order chi connectivity index (χ1) is 5.77. The Balaban J connectivity index is 2.45. The van der Waals surface area contributed by atoms with E-state index in [0.29, 0.717) is 0 Å². The number of benzene rings is 1. The summed E-state index contributed by atoms with van der Waals surface area (Å²) in [6.45, 7) is 0.744. The Morgan fingerprint density at radius 2 is 2.33 bits per heavy atom. The van der Waals surface area contributed by atoms with Gasteiger partial charge in [-0.05, 0) is 23.8 Å². The summed E-state index contributed by atoms with van der Waals surface area (Å²) in [5.41, 5.74) is 1.91. The van der Waals surface area contributed by atoms with Crippen molar-refractivity contribution in [2.24, 2.45) is 0 Å². The van der Waals surface area contributed by atoms with Gasteiger partial charge in [0.2, 0.25) is 3.79 Å². The molecule has 0 spiro atoms. The Kier molecular flexibility index (Phi) is 2.04. The van der Waals surface area contributed by atoms with Crippen LogP contribution >= 0.6 is 22.6 Å². The third-order valence-electron chi connectivity index (χ3n) is 1.92. The maximum absolute atomic E-state index is 11.0. The van der Waals surface area contributed by atoms with Crippen LogP contribution in [0.25, 0.3) is 0 Å². The summed E-state index contributed by atoms with van der Waals surface area (Å²) in [5.74, 6) is 0.927. The zero-order chi connectivity index (χ0) is 8.55.